The van der Waals surface area contributed by atoms with Gasteiger partial charge in [0, 0.05) is 19.2 Å². The Kier molecular flexibility index (Phi) is 4.68. The molecule has 2 aromatic rings. The number of methoxy groups -OCH3 is 3. The predicted octanol–water partition coefficient (Wildman–Crippen LogP) is 1.57. The lowest BCUT2D eigenvalue weighted by Crippen LogP contribution is -2.04. The fourth-order valence-electron chi connectivity index (χ4n) is 2.49. The molecule has 8 nitrogen and oxygen atoms in total. The van der Waals surface area contributed by atoms with Crippen molar-refractivity contribution in [3.63, 3.8) is 0 Å². The number of aromatic hydroxyl groups is 2. The molecule has 0 spiro atoms. The lowest BCUT2D eigenvalue weighted by Gasteiger charge is -2.07. The van der Waals surface area contributed by atoms with Gasteiger partial charge in [0.05, 0.1) is 43.5 Å². The van der Waals surface area contributed by atoms with Crippen molar-refractivity contribution in [1.29, 1.82) is 0 Å². The summed E-state index contributed by atoms with van der Waals surface area (Å²) in [5.74, 6) is -1.89. The molecule has 0 aliphatic heterocycles. The van der Waals surface area contributed by atoms with Gasteiger partial charge < -0.3 is 29.0 Å². The summed E-state index contributed by atoms with van der Waals surface area (Å²) in [6, 6.07) is 1.23. The quantitative estimate of drug-likeness (QED) is 0.496. The fourth-order valence-corrected chi connectivity index (χ4v) is 2.49. The highest BCUT2D eigenvalue weighted by atomic mass is 16.5. The summed E-state index contributed by atoms with van der Waals surface area (Å²) in [7, 11) is 5.29. The first-order chi connectivity index (χ1) is 11.4. The highest BCUT2D eigenvalue weighted by Crippen LogP contribution is 2.44. The zero-order valence-corrected chi connectivity index (χ0v) is 13.6. The second kappa shape index (κ2) is 6.53. The molecule has 0 bridgehead atoms. The Bertz CT molecular complexity index is 848. The molecule has 2 rings (SSSR count). The highest BCUT2D eigenvalue weighted by Gasteiger charge is 2.27. The zero-order valence-electron chi connectivity index (χ0n) is 13.6. The number of carbonyl (C=O) groups excluding carboxylic acids is 2. The summed E-state index contributed by atoms with van der Waals surface area (Å²) in [5.41, 5.74) is 0.432. The minimum absolute atomic E-state index is 0.000694. The number of benzene rings is 1. The van der Waals surface area contributed by atoms with E-state index in [1.807, 2.05) is 0 Å². The molecule has 128 valence electrons. The molecule has 1 aromatic carbocycles. The number of nitrogens with zero attached hydrogens (tertiary/aromatic N) is 1. The third-order valence-corrected chi connectivity index (χ3v) is 3.61. The Balaban J connectivity index is 2.92. The molecular formula is C16H17NO7. The number of hydrogen-bond acceptors (Lipinski definition) is 7. The van der Waals surface area contributed by atoms with Gasteiger partial charge in [-0.2, -0.15) is 0 Å². The Labute approximate surface area is 137 Å². The van der Waals surface area contributed by atoms with E-state index >= 15 is 0 Å². The number of hydrogen-bond donors (Lipinski definition) is 2. The minimum Gasteiger partial charge on any atom is -0.506 e. The molecule has 0 radical (unpaired) electrons. The Morgan fingerprint density at radius 3 is 2.38 bits per heavy atom. The second-order valence-corrected chi connectivity index (χ2v) is 4.84. The van der Waals surface area contributed by atoms with E-state index in [0.717, 1.165) is 6.08 Å². The smallest absolute Gasteiger partial charge is 0.340 e. The lowest BCUT2D eigenvalue weighted by molar-refractivity contribution is -0.134. The molecule has 8 heteroatoms. The van der Waals surface area contributed by atoms with E-state index < -0.39 is 11.9 Å². The van der Waals surface area contributed by atoms with Crippen molar-refractivity contribution in [2.75, 3.05) is 21.3 Å². The summed E-state index contributed by atoms with van der Waals surface area (Å²) in [4.78, 5) is 23.6. The highest BCUT2D eigenvalue weighted by molar-refractivity contribution is 6.12. The van der Waals surface area contributed by atoms with Crippen molar-refractivity contribution in [1.82, 2.24) is 4.57 Å². The molecule has 0 amide bonds. The van der Waals surface area contributed by atoms with Crippen LogP contribution in [0.25, 0.3) is 17.0 Å². The van der Waals surface area contributed by atoms with Crippen molar-refractivity contribution in [3.8, 4) is 17.2 Å². The maximum absolute atomic E-state index is 12.2. The van der Waals surface area contributed by atoms with Gasteiger partial charge in [0.1, 0.15) is 5.75 Å². The average Bonchev–Trinajstić information content (AvgIpc) is 2.88. The number of aromatic nitrogens is 1. The van der Waals surface area contributed by atoms with E-state index in [9.17, 15) is 19.8 Å². The molecule has 0 aliphatic carbocycles. The van der Waals surface area contributed by atoms with Crippen LogP contribution in [-0.4, -0.2) is 48.0 Å². The summed E-state index contributed by atoms with van der Waals surface area (Å²) < 4.78 is 15.7. The zero-order chi connectivity index (χ0) is 18.0. The average molecular weight is 335 g/mol. The first-order valence-corrected chi connectivity index (χ1v) is 6.83. The van der Waals surface area contributed by atoms with Crippen molar-refractivity contribution >= 4 is 28.9 Å². The lowest BCUT2D eigenvalue weighted by atomic mass is 10.1. The van der Waals surface area contributed by atoms with Gasteiger partial charge in [-0.05, 0) is 6.08 Å². The van der Waals surface area contributed by atoms with E-state index in [1.165, 1.54) is 38.0 Å². The minimum atomic E-state index is -0.743. The maximum Gasteiger partial charge on any atom is 0.340 e. The van der Waals surface area contributed by atoms with Crippen LogP contribution in [0.1, 0.15) is 16.1 Å². The van der Waals surface area contributed by atoms with E-state index in [0.29, 0.717) is 0 Å². The van der Waals surface area contributed by atoms with Crippen LogP contribution in [0.3, 0.4) is 0 Å². The van der Waals surface area contributed by atoms with Gasteiger partial charge in [-0.3, -0.25) is 0 Å². The standard InChI is InChI=1S/C16H17NO7/c1-17-8(5-6-11(19)23-3)12(16(21)24-4)13-14(17)9(18)7-10(22-2)15(13)20/h5-7,18,20H,1-4H3/b6-5+. The van der Waals surface area contributed by atoms with Gasteiger partial charge in [0.2, 0.25) is 0 Å². The van der Waals surface area contributed by atoms with Crippen LogP contribution >= 0.6 is 0 Å². The van der Waals surface area contributed by atoms with Gasteiger partial charge in [0.25, 0.3) is 0 Å². The number of phenols is 2. The number of esters is 2. The fraction of sp³-hybridized carbons (Fsp3) is 0.250. The summed E-state index contributed by atoms with van der Waals surface area (Å²) >= 11 is 0. The molecule has 0 saturated carbocycles. The van der Waals surface area contributed by atoms with Crippen molar-refractivity contribution in [2.45, 2.75) is 0 Å². The molecule has 2 N–H and O–H groups in total. The third kappa shape index (κ3) is 2.62. The van der Waals surface area contributed by atoms with Gasteiger partial charge >= 0.3 is 11.9 Å². The number of carbonyl (C=O) groups is 2. The van der Waals surface area contributed by atoms with E-state index in [4.69, 9.17) is 9.47 Å². The molecular weight excluding hydrogens is 318 g/mol. The molecule has 0 aliphatic rings. The van der Waals surface area contributed by atoms with Crippen LogP contribution in [-0.2, 0) is 21.3 Å². The topological polar surface area (TPSA) is 107 Å². The van der Waals surface area contributed by atoms with Crippen LogP contribution in [0.2, 0.25) is 0 Å². The number of aryl methyl sites for hydroxylation is 1. The van der Waals surface area contributed by atoms with Gasteiger partial charge in [-0.1, -0.05) is 0 Å². The Hall–Kier alpha value is -3.16. The van der Waals surface area contributed by atoms with Crippen molar-refractivity contribution in [2.24, 2.45) is 7.05 Å². The normalized spacial score (nSPS) is 11.0. The van der Waals surface area contributed by atoms with Gasteiger partial charge in [-0.25, -0.2) is 9.59 Å². The number of fused-ring (bicyclic) bond motifs is 1. The second-order valence-electron chi connectivity index (χ2n) is 4.84. The predicted molar refractivity (Wildman–Crippen MR) is 85.2 cm³/mol. The first kappa shape index (κ1) is 17.2. The van der Waals surface area contributed by atoms with Crippen LogP contribution in [0.15, 0.2) is 12.1 Å². The summed E-state index contributed by atoms with van der Waals surface area (Å²) in [5, 5.41) is 20.7. The van der Waals surface area contributed by atoms with Crippen LogP contribution in [0, 0.1) is 0 Å². The van der Waals surface area contributed by atoms with E-state index in [2.05, 4.69) is 4.74 Å². The van der Waals surface area contributed by atoms with Gasteiger partial charge in [0.15, 0.2) is 11.5 Å². The number of rotatable bonds is 4. The molecule has 1 heterocycles. The summed E-state index contributed by atoms with van der Waals surface area (Å²) in [6.07, 6.45) is 2.45. The molecule has 0 unspecified atom stereocenters. The maximum atomic E-state index is 12.2. The van der Waals surface area contributed by atoms with Crippen molar-refractivity contribution < 1.29 is 34.0 Å². The van der Waals surface area contributed by atoms with E-state index in [1.54, 1.807) is 7.05 Å². The molecule has 0 atom stereocenters. The SMILES string of the molecule is COC(=O)/C=C/c1c(C(=O)OC)c2c(O)c(OC)cc(O)c2n1C. The first-order valence-electron chi connectivity index (χ1n) is 6.83. The molecule has 1 aromatic heterocycles. The van der Waals surface area contributed by atoms with Crippen molar-refractivity contribution in [3.05, 3.63) is 23.4 Å². The van der Waals surface area contributed by atoms with E-state index in [-0.39, 0.29) is 39.4 Å². The summed E-state index contributed by atoms with van der Waals surface area (Å²) in [6.45, 7) is 0. The third-order valence-electron chi connectivity index (χ3n) is 3.61. The monoisotopic (exact) mass is 335 g/mol. The Morgan fingerprint density at radius 1 is 1.17 bits per heavy atom. The van der Waals surface area contributed by atoms with Crippen LogP contribution < -0.4 is 4.74 Å². The van der Waals surface area contributed by atoms with Crippen LogP contribution in [0.5, 0.6) is 17.2 Å². The molecule has 0 fully saturated rings. The largest absolute Gasteiger partial charge is 0.506 e. The Morgan fingerprint density at radius 2 is 1.83 bits per heavy atom. The van der Waals surface area contributed by atoms with Crippen LogP contribution in [0.4, 0.5) is 0 Å². The molecule has 0 saturated heterocycles. The van der Waals surface area contributed by atoms with Gasteiger partial charge in [-0.15, -0.1) is 0 Å². The number of ether oxygens (including phenoxy) is 3. The number of phenolic OH excluding ortho intramolecular Hbond substituents is 2. The molecule has 24 heavy (non-hydrogen) atoms.